The minimum Gasteiger partial charge on any atom is -0.377 e. The molecule has 0 spiro atoms. The van der Waals surface area contributed by atoms with E-state index in [0.29, 0.717) is 12.1 Å². The van der Waals surface area contributed by atoms with Crippen molar-refractivity contribution in [3.05, 3.63) is 22.5 Å². The molecule has 0 aromatic carbocycles. The molecule has 0 unspecified atom stereocenters. The number of H-pyrrole nitrogens is 1. The molecule has 1 aromatic rings. The molecule has 3 aliphatic rings. The van der Waals surface area contributed by atoms with Gasteiger partial charge < -0.3 is 19.5 Å². The van der Waals surface area contributed by atoms with Gasteiger partial charge in [0.1, 0.15) is 5.82 Å². The fourth-order valence-corrected chi connectivity index (χ4v) is 5.05. The first-order valence-corrected chi connectivity index (χ1v) is 10.1. The summed E-state index contributed by atoms with van der Waals surface area (Å²) in [5.41, 5.74) is 1.06. The molecule has 4 rings (SSSR count). The second-order valence-corrected chi connectivity index (χ2v) is 8.01. The minimum absolute atomic E-state index is 0.0143. The van der Waals surface area contributed by atoms with Crippen LogP contribution < -0.4 is 15.4 Å². The molecule has 138 valence electrons. The SMILES string of the molecule is C[C@@H]1COCCN1c1cc(N2CCC[C@@H]2C2CCCCC2)[nH]c(=O)c1. The molecule has 2 aliphatic heterocycles. The second kappa shape index (κ2) is 7.40. The van der Waals surface area contributed by atoms with Gasteiger partial charge >= 0.3 is 0 Å². The zero-order valence-corrected chi connectivity index (χ0v) is 15.4. The van der Waals surface area contributed by atoms with Gasteiger partial charge in [-0.3, -0.25) is 4.79 Å². The number of nitrogens with zero attached hydrogens (tertiary/aromatic N) is 2. The van der Waals surface area contributed by atoms with Crippen molar-refractivity contribution in [3.8, 4) is 0 Å². The summed E-state index contributed by atoms with van der Waals surface area (Å²) in [6, 6.07) is 4.87. The maximum Gasteiger partial charge on any atom is 0.251 e. The Morgan fingerprint density at radius 2 is 1.88 bits per heavy atom. The highest BCUT2D eigenvalue weighted by Gasteiger charge is 2.33. The summed E-state index contributed by atoms with van der Waals surface area (Å²) >= 11 is 0. The molecule has 3 heterocycles. The number of aromatic nitrogens is 1. The lowest BCUT2D eigenvalue weighted by Crippen LogP contribution is -2.44. The van der Waals surface area contributed by atoms with Crippen LogP contribution in [0.1, 0.15) is 51.9 Å². The van der Waals surface area contributed by atoms with Crippen LogP contribution in [0.2, 0.25) is 0 Å². The first-order chi connectivity index (χ1) is 12.2. The smallest absolute Gasteiger partial charge is 0.251 e. The number of hydrogen-bond acceptors (Lipinski definition) is 4. The predicted octanol–water partition coefficient (Wildman–Crippen LogP) is 3.15. The molecule has 5 nitrogen and oxygen atoms in total. The van der Waals surface area contributed by atoms with E-state index in [4.69, 9.17) is 4.74 Å². The van der Waals surface area contributed by atoms with Crippen LogP contribution in [0.15, 0.2) is 16.9 Å². The molecular formula is C20H31N3O2. The van der Waals surface area contributed by atoms with Gasteiger partial charge in [-0.1, -0.05) is 19.3 Å². The fourth-order valence-electron chi connectivity index (χ4n) is 5.05. The topological polar surface area (TPSA) is 48.6 Å². The first kappa shape index (κ1) is 17.0. The first-order valence-electron chi connectivity index (χ1n) is 10.1. The molecule has 2 atom stereocenters. The van der Waals surface area contributed by atoms with E-state index in [1.165, 1.54) is 44.9 Å². The van der Waals surface area contributed by atoms with Crippen LogP contribution in [0.25, 0.3) is 0 Å². The van der Waals surface area contributed by atoms with E-state index in [9.17, 15) is 4.79 Å². The third kappa shape index (κ3) is 3.57. The van der Waals surface area contributed by atoms with Crippen LogP contribution in [0.5, 0.6) is 0 Å². The van der Waals surface area contributed by atoms with Crippen molar-refractivity contribution in [2.24, 2.45) is 5.92 Å². The van der Waals surface area contributed by atoms with E-state index >= 15 is 0 Å². The van der Waals surface area contributed by atoms with Gasteiger partial charge in [0.25, 0.3) is 5.56 Å². The summed E-state index contributed by atoms with van der Waals surface area (Å²) in [6.45, 7) is 5.56. The summed E-state index contributed by atoms with van der Waals surface area (Å²) in [7, 11) is 0. The average molecular weight is 345 g/mol. The predicted molar refractivity (Wildman–Crippen MR) is 102 cm³/mol. The van der Waals surface area contributed by atoms with Gasteiger partial charge in [0, 0.05) is 43.0 Å². The highest BCUT2D eigenvalue weighted by Crippen LogP contribution is 2.36. The van der Waals surface area contributed by atoms with Crippen LogP contribution >= 0.6 is 0 Å². The molecule has 1 aromatic heterocycles. The Morgan fingerprint density at radius 1 is 1.04 bits per heavy atom. The summed E-state index contributed by atoms with van der Waals surface area (Å²) in [4.78, 5) is 20.3. The molecule has 0 amide bonds. The van der Waals surface area contributed by atoms with Crippen molar-refractivity contribution >= 4 is 11.5 Å². The van der Waals surface area contributed by atoms with Crippen LogP contribution in [0.4, 0.5) is 11.5 Å². The molecule has 1 N–H and O–H groups in total. The fraction of sp³-hybridized carbons (Fsp3) is 0.750. The van der Waals surface area contributed by atoms with Gasteiger partial charge in [0.05, 0.1) is 13.2 Å². The summed E-state index contributed by atoms with van der Waals surface area (Å²) < 4.78 is 5.55. The van der Waals surface area contributed by atoms with Gasteiger partial charge in [0.15, 0.2) is 0 Å². The Morgan fingerprint density at radius 3 is 2.68 bits per heavy atom. The van der Waals surface area contributed by atoms with Gasteiger partial charge in [-0.25, -0.2) is 0 Å². The molecule has 0 bridgehead atoms. The lowest BCUT2D eigenvalue weighted by molar-refractivity contribution is 0.0989. The zero-order chi connectivity index (χ0) is 17.2. The van der Waals surface area contributed by atoms with Crippen LogP contribution in [0, 0.1) is 5.92 Å². The molecule has 5 heteroatoms. The second-order valence-electron chi connectivity index (χ2n) is 8.01. The Kier molecular flexibility index (Phi) is 5.02. The summed E-state index contributed by atoms with van der Waals surface area (Å²) in [6.07, 6.45) is 9.35. The summed E-state index contributed by atoms with van der Waals surface area (Å²) in [5, 5.41) is 0. The lowest BCUT2D eigenvalue weighted by Gasteiger charge is -2.37. The number of anilines is 2. The largest absolute Gasteiger partial charge is 0.377 e. The van der Waals surface area contributed by atoms with E-state index in [1.54, 1.807) is 6.07 Å². The third-order valence-corrected chi connectivity index (χ3v) is 6.32. The molecule has 0 radical (unpaired) electrons. The number of ether oxygens (including phenoxy) is 1. The quantitative estimate of drug-likeness (QED) is 0.914. The molecular weight excluding hydrogens is 314 g/mol. The Balaban J connectivity index is 1.59. The Labute approximate surface area is 150 Å². The van der Waals surface area contributed by atoms with Crippen molar-refractivity contribution in [2.75, 3.05) is 36.1 Å². The average Bonchev–Trinajstić information content (AvgIpc) is 3.12. The number of rotatable bonds is 3. The summed E-state index contributed by atoms with van der Waals surface area (Å²) in [5.74, 6) is 1.82. The number of pyridine rings is 1. The third-order valence-electron chi connectivity index (χ3n) is 6.32. The lowest BCUT2D eigenvalue weighted by atomic mass is 9.83. The molecule has 3 fully saturated rings. The Hall–Kier alpha value is -1.49. The number of morpholine rings is 1. The normalized spacial score (nSPS) is 28.5. The van der Waals surface area contributed by atoms with E-state index in [1.807, 2.05) is 0 Å². The van der Waals surface area contributed by atoms with Crippen LogP contribution in [-0.4, -0.2) is 43.4 Å². The monoisotopic (exact) mass is 345 g/mol. The zero-order valence-electron chi connectivity index (χ0n) is 15.4. The molecule has 25 heavy (non-hydrogen) atoms. The number of hydrogen-bond donors (Lipinski definition) is 1. The minimum atomic E-state index is 0.0143. The van der Waals surface area contributed by atoms with E-state index in [0.717, 1.165) is 43.7 Å². The molecule has 2 saturated heterocycles. The van der Waals surface area contributed by atoms with Crippen molar-refractivity contribution in [2.45, 2.75) is 64.0 Å². The van der Waals surface area contributed by atoms with E-state index < -0.39 is 0 Å². The highest BCUT2D eigenvalue weighted by molar-refractivity contribution is 5.56. The van der Waals surface area contributed by atoms with Crippen molar-refractivity contribution < 1.29 is 4.74 Å². The van der Waals surface area contributed by atoms with E-state index in [-0.39, 0.29) is 5.56 Å². The maximum atomic E-state index is 12.4. The van der Waals surface area contributed by atoms with Gasteiger partial charge in [-0.2, -0.15) is 0 Å². The van der Waals surface area contributed by atoms with Crippen molar-refractivity contribution in [3.63, 3.8) is 0 Å². The van der Waals surface area contributed by atoms with Gasteiger partial charge in [-0.15, -0.1) is 0 Å². The highest BCUT2D eigenvalue weighted by atomic mass is 16.5. The van der Waals surface area contributed by atoms with Crippen LogP contribution in [0.3, 0.4) is 0 Å². The van der Waals surface area contributed by atoms with Gasteiger partial charge in [0.2, 0.25) is 0 Å². The number of nitrogens with one attached hydrogen (secondary N) is 1. The van der Waals surface area contributed by atoms with Crippen LogP contribution in [-0.2, 0) is 4.74 Å². The standard InChI is InChI=1S/C20H31N3O2/c1-15-14-25-11-10-22(15)17-12-19(21-20(24)13-17)23-9-5-8-18(23)16-6-3-2-4-7-16/h12-13,15-16,18H,2-11,14H2,1H3,(H,21,24)/t15-,18-/m1/s1. The maximum absolute atomic E-state index is 12.4. The number of aromatic amines is 1. The van der Waals surface area contributed by atoms with Gasteiger partial charge in [-0.05, 0) is 38.5 Å². The van der Waals surface area contributed by atoms with Crippen molar-refractivity contribution in [1.82, 2.24) is 4.98 Å². The Bertz CT molecular complexity index is 638. The van der Waals surface area contributed by atoms with Crippen molar-refractivity contribution in [1.29, 1.82) is 0 Å². The van der Waals surface area contributed by atoms with E-state index in [2.05, 4.69) is 27.8 Å². The molecule has 1 saturated carbocycles. The molecule has 1 aliphatic carbocycles.